The number of rotatable bonds is 6. The van der Waals surface area contributed by atoms with E-state index in [-0.39, 0.29) is 11.3 Å². The molecule has 9 nitrogen and oxygen atoms in total. The van der Waals surface area contributed by atoms with Crippen LogP contribution in [0.3, 0.4) is 0 Å². The number of piperidine rings is 1. The zero-order valence-corrected chi connectivity index (χ0v) is 20.3. The molecule has 0 bridgehead atoms. The maximum Gasteiger partial charge on any atom is 0.293 e. The minimum atomic E-state index is -0.418. The first kappa shape index (κ1) is 23.5. The third-order valence-electron chi connectivity index (χ3n) is 6.77. The van der Waals surface area contributed by atoms with Crippen molar-refractivity contribution in [2.75, 3.05) is 23.3 Å². The van der Waals surface area contributed by atoms with Gasteiger partial charge in [0.2, 0.25) is 0 Å². The average molecular weight is 485 g/mol. The third kappa shape index (κ3) is 4.77. The fourth-order valence-corrected chi connectivity index (χ4v) is 4.50. The van der Waals surface area contributed by atoms with Gasteiger partial charge in [0.15, 0.2) is 0 Å². The van der Waals surface area contributed by atoms with Crippen molar-refractivity contribution in [1.82, 2.24) is 15.0 Å². The summed E-state index contributed by atoms with van der Waals surface area (Å²) in [5.74, 6) is 0.199. The van der Waals surface area contributed by atoms with E-state index in [1.165, 1.54) is 11.6 Å². The fourth-order valence-electron chi connectivity index (χ4n) is 4.50. The number of nitro benzene ring substituents is 1. The zero-order chi connectivity index (χ0) is 25.2. The Kier molecular flexibility index (Phi) is 6.37. The van der Waals surface area contributed by atoms with Crippen molar-refractivity contribution in [2.24, 2.45) is 5.92 Å². The number of aromatic nitrogens is 3. The van der Waals surface area contributed by atoms with Crippen molar-refractivity contribution in [1.29, 1.82) is 0 Å². The highest BCUT2D eigenvalue weighted by molar-refractivity contribution is 6.05. The molecule has 2 heterocycles. The van der Waals surface area contributed by atoms with Gasteiger partial charge in [-0.25, -0.2) is 0 Å². The molecule has 1 aliphatic heterocycles. The molecule has 1 aromatic heterocycles. The number of aryl methyl sites for hydroxylation is 1. The lowest BCUT2D eigenvalue weighted by atomic mass is 9.98. The van der Waals surface area contributed by atoms with Gasteiger partial charge in [0.05, 0.1) is 10.6 Å². The number of nitro groups is 1. The molecule has 0 saturated carbocycles. The molecule has 3 aromatic carbocycles. The first-order valence-corrected chi connectivity index (χ1v) is 12.2. The molecule has 184 valence electrons. The number of benzene rings is 3. The van der Waals surface area contributed by atoms with Gasteiger partial charge in [-0.2, -0.15) is 4.80 Å². The van der Waals surface area contributed by atoms with Crippen molar-refractivity contribution < 1.29 is 9.72 Å². The van der Waals surface area contributed by atoms with Crippen LogP contribution < -0.4 is 10.2 Å². The van der Waals surface area contributed by atoms with Crippen LogP contribution in [0, 0.1) is 16.0 Å². The predicted molar refractivity (Wildman–Crippen MR) is 140 cm³/mol. The third-order valence-corrected chi connectivity index (χ3v) is 6.77. The van der Waals surface area contributed by atoms with Crippen LogP contribution in [0.2, 0.25) is 0 Å². The van der Waals surface area contributed by atoms with Crippen LogP contribution in [0.15, 0.2) is 60.7 Å². The number of anilines is 2. The molecule has 9 heteroatoms. The van der Waals surface area contributed by atoms with E-state index in [9.17, 15) is 14.9 Å². The van der Waals surface area contributed by atoms with E-state index in [0.717, 1.165) is 38.0 Å². The SMILES string of the molecule is CCc1ccc(-n2nc3ccc(NC(=O)c4ccc(N5CCC(C)CC5)c([N+](=O)[O-])c4)cc3n2)cc1. The second-order valence-electron chi connectivity index (χ2n) is 9.30. The standard InChI is InChI=1S/C27H28N6O3/c1-3-19-4-8-22(9-5-19)32-29-23-10-7-21(17-24(23)30-32)28-27(34)20-6-11-25(26(16-20)33(35)36)31-14-12-18(2)13-15-31/h4-11,16-18H,3,12-15H2,1-2H3,(H,28,34). The maximum atomic E-state index is 13.0. The van der Waals surface area contributed by atoms with Crippen molar-refractivity contribution in [3.05, 3.63) is 81.9 Å². The Hall–Kier alpha value is -4.27. The molecule has 1 amide bonds. The number of hydrogen-bond acceptors (Lipinski definition) is 6. The van der Waals surface area contributed by atoms with Gasteiger partial charge in [-0.1, -0.05) is 26.0 Å². The van der Waals surface area contributed by atoms with E-state index in [1.807, 2.05) is 29.2 Å². The van der Waals surface area contributed by atoms with E-state index >= 15 is 0 Å². The van der Waals surface area contributed by atoms with Gasteiger partial charge in [0.1, 0.15) is 16.7 Å². The lowest BCUT2D eigenvalue weighted by Gasteiger charge is -2.31. The molecule has 0 aliphatic carbocycles. The van der Waals surface area contributed by atoms with E-state index in [0.29, 0.717) is 28.3 Å². The second-order valence-corrected chi connectivity index (χ2v) is 9.30. The lowest BCUT2D eigenvalue weighted by molar-refractivity contribution is -0.384. The van der Waals surface area contributed by atoms with Gasteiger partial charge in [0.25, 0.3) is 11.6 Å². The summed E-state index contributed by atoms with van der Waals surface area (Å²) in [4.78, 5) is 27.9. The van der Waals surface area contributed by atoms with Crippen LogP contribution in [0.5, 0.6) is 0 Å². The highest BCUT2D eigenvalue weighted by Gasteiger charge is 2.25. The Balaban J connectivity index is 1.35. The molecular weight excluding hydrogens is 456 g/mol. The largest absolute Gasteiger partial charge is 0.366 e. The molecule has 1 aliphatic rings. The van der Waals surface area contributed by atoms with Crippen molar-refractivity contribution >= 4 is 34.0 Å². The Labute approximate surface area is 208 Å². The summed E-state index contributed by atoms with van der Waals surface area (Å²) < 4.78 is 0. The normalized spacial score (nSPS) is 14.2. The van der Waals surface area contributed by atoms with Gasteiger partial charge in [-0.15, -0.1) is 10.2 Å². The molecule has 0 spiro atoms. The van der Waals surface area contributed by atoms with Crippen molar-refractivity contribution in [3.8, 4) is 5.69 Å². The molecule has 1 saturated heterocycles. The highest BCUT2D eigenvalue weighted by Crippen LogP contribution is 2.32. The number of carbonyl (C=O) groups is 1. The number of carbonyl (C=O) groups excluding carboxylic acids is 1. The van der Waals surface area contributed by atoms with Crippen LogP contribution in [0.4, 0.5) is 17.1 Å². The predicted octanol–water partition coefficient (Wildman–Crippen LogP) is 5.38. The molecule has 1 fully saturated rings. The van der Waals surface area contributed by atoms with Gasteiger partial charge >= 0.3 is 0 Å². The first-order chi connectivity index (χ1) is 17.4. The summed E-state index contributed by atoms with van der Waals surface area (Å²) in [6, 6.07) is 18.0. The monoisotopic (exact) mass is 484 g/mol. The smallest absolute Gasteiger partial charge is 0.293 e. The molecular formula is C27H28N6O3. The van der Waals surface area contributed by atoms with Crippen LogP contribution in [-0.2, 0) is 6.42 Å². The Bertz CT molecular complexity index is 1420. The van der Waals surface area contributed by atoms with E-state index < -0.39 is 10.8 Å². The summed E-state index contributed by atoms with van der Waals surface area (Å²) in [6.45, 7) is 5.85. The quantitative estimate of drug-likeness (QED) is 0.291. The molecule has 0 unspecified atom stereocenters. The van der Waals surface area contributed by atoms with Crippen LogP contribution in [0.1, 0.15) is 42.6 Å². The number of hydrogen-bond donors (Lipinski definition) is 1. The number of fused-ring (bicyclic) bond motifs is 1. The first-order valence-electron chi connectivity index (χ1n) is 12.2. The second kappa shape index (κ2) is 9.77. The summed E-state index contributed by atoms with van der Waals surface area (Å²) >= 11 is 0. The van der Waals surface area contributed by atoms with Gasteiger partial charge in [0, 0.05) is 30.4 Å². The topological polar surface area (TPSA) is 106 Å². The average Bonchev–Trinajstić information content (AvgIpc) is 3.32. The van der Waals surface area contributed by atoms with Crippen LogP contribution >= 0.6 is 0 Å². The Morgan fingerprint density at radius 2 is 1.75 bits per heavy atom. The van der Waals surface area contributed by atoms with Crippen LogP contribution in [-0.4, -0.2) is 38.9 Å². The molecule has 36 heavy (non-hydrogen) atoms. The highest BCUT2D eigenvalue weighted by atomic mass is 16.6. The Morgan fingerprint density at radius 3 is 2.44 bits per heavy atom. The molecule has 5 rings (SSSR count). The van der Waals surface area contributed by atoms with E-state index in [4.69, 9.17) is 0 Å². The number of nitrogens with one attached hydrogen (secondary N) is 1. The summed E-state index contributed by atoms with van der Waals surface area (Å²) in [6.07, 6.45) is 2.95. The van der Waals surface area contributed by atoms with Crippen molar-refractivity contribution in [3.63, 3.8) is 0 Å². The number of nitrogens with zero attached hydrogens (tertiary/aromatic N) is 5. The minimum absolute atomic E-state index is 0.0512. The van der Waals surface area contributed by atoms with Crippen molar-refractivity contribution in [2.45, 2.75) is 33.1 Å². The molecule has 0 radical (unpaired) electrons. The molecule has 4 aromatic rings. The summed E-state index contributed by atoms with van der Waals surface area (Å²) in [5.41, 5.74) is 4.70. The molecule has 0 atom stereocenters. The van der Waals surface area contributed by atoms with Gasteiger partial charge in [-0.05, 0) is 73.2 Å². The molecule has 1 N–H and O–H groups in total. The van der Waals surface area contributed by atoms with E-state index in [1.54, 1.807) is 35.1 Å². The van der Waals surface area contributed by atoms with E-state index in [2.05, 4.69) is 29.4 Å². The number of amides is 1. The van der Waals surface area contributed by atoms with Crippen LogP contribution in [0.25, 0.3) is 16.7 Å². The fraction of sp³-hybridized carbons (Fsp3) is 0.296. The Morgan fingerprint density at radius 1 is 1.03 bits per heavy atom. The van der Waals surface area contributed by atoms with Gasteiger partial charge < -0.3 is 10.2 Å². The zero-order valence-electron chi connectivity index (χ0n) is 20.3. The lowest BCUT2D eigenvalue weighted by Crippen LogP contribution is -2.33. The maximum absolute atomic E-state index is 13.0. The minimum Gasteiger partial charge on any atom is -0.366 e. The summed E-state index contributed by atoms with van der Waals surface area (Å²) in [5, 5.41) is 23.7. The summed E-state index contributed by atoms with van der Waals surface area (Å²) in [7, 11) is 0. The van der Waals surface area contributed by atoms with Gasteiger partial charge in [-0.3, -0.25) is 14.9 Å².